The molecule has 0 aliphatic carbocycles. The van der Waals surface area contributed by atoms with Crippen LogP contribution >= 0.6 is 0 Å². The van der Waals surface area contributed by atoms with Crippen LogP contribution in [0, 0.1) is 18.8 Å². The Kier molecular flexibility index (Phi) is 11.9. The second-order valence-electron chi connectivity index (χ2n) is 10.8. The van der Waals surface area contributed by atoms with E-state index in [0.717, 1.165) is 12.8 Å². The molecule has 0 unspecified atom stereocenters. The maximum Gasteiger partial charge on any atom is 0.329 e. The van der Waals surface area contributed by atoms with Gasteiger partial charge in [-0.3, -0.25) is 9.59 Å². The fourth-order valence-corrected chi connectivity index (χ4v) is 4.82. The van der Waals surface area contributed by atoms with Gasteiger partial charge in [0, 0.05) is 25.8 Å². The number of hydrogen-bond acceptors (Lipinski definition) is 9. The summed E-state index contributed by atoms with van der Waals surface area (Å²) in [5, 5.41) is 2.77. The minimum atomic E-state index is -0.900. The van der Waals surface area contributed by atoms with Crippen molar-refractivity contribution >= 4 is 17.8 Å². The number of nitrogens with one attached hydrogen (secondary N) is 1. The fraction of sp³-hybridized carbons (Fsp3) is 0.548. The van der Waals surface area contributed by atoms with Gasteiger partial charge in [-0.05, 0) is 50.5 Å². The molecule has 224 valence electrons. The van der Waals surface area contributed by atoms with Crippen molar-refractivity contribution in [2.75, 3.05) is 20.5 Å². The lowest BCUT2D eigenvalue weighted by atomic mass is 9.86. The molecule has 2 heterocycles. The van der Waals surface area contributed by atoms with Crippen LogP contribution in [0.2, 0.25) is 0 Å². The van der Waals surface area contributed by atoms with Gasteiger partial charge >= 0.3 is 11.9 Å². The number of cyclic esters (lactones) is 1. The number of carbonyl (C=O) groups excluding carboxylic acids is 3. The fourth-order valence-electron chi connectivity index (χ4n) is 4.82. The molecule has 4 atom stereocenters. The molecule has 1 saturated heterocycles. The van der Waals surface area contributed by atoms with Gasteiger partial charge in [-0.1, -0.05) is 50.1 Å². The molecule has 0 radical (unpaired) electrons. The minimum absolute atomic E-state index is 0.00105. The molecule has 0 saturated carbocycles. The molecule has 1 aliphatic heterocycles. The molecule has 3 rings (SSSR count). The second kappa shape index (κ2) is 15.4. The number of amides is 1. The Balaban J connectivity index is 1.79. The lowest BCUT2D eigenvalue weighted by Crippen LogP contribution is -2.45. The topological polar surface area (TPSA) is 122 Å². The van der Waals surface area contributed by atoms with Gasteiger partial charge < -0.3 is 29.0 Å². The van der Waals surface area contributed by atoms with E-state index in [0.29, 0.717) is 25.4 Å². The van der Waals surface area contributed by atoms with E-state index in [9.17, 15) is 14.4 Å². The maximum absolute atomic E-state index is 13.3. The minimum Gasteiger partial charge on any atom is -0.493 e. The monoisotopic (exact) mass is 570 g/mol. The Morgan fingerprint density at radius 2 is 1.88 bits per heavy atom. The molecule has 1 fully saturated rings. The molecule has 2 aromatic rings. The van der Waals surface area contributed by atoms with E-state index in [-0.39, 0.29) is 29.2 Å². The van der Waals surface area contributed by atoms with Crippen LogP contribution in [0.25, 0.3) is 0 Å². The number of ether oxygens (including phenoxy) is 5. The number of benzene rings is 1. The molecule has 1 aromatic heterocycles. The zero-order chi connectivity index (χ0) is 29.9. The smallest absolute Gasteiger partial charge is 0.329 e. The van der Waals surface area contributed by atoms with Gasteiger partial charge in [0.15, 0.2) is 17.2 Å². The Labute approximate surface area is 242 Å². The third-order valence-corrected chi connectivity index (χ3v) is 6.90. The molecule has 0 spiro atoms. The number of carbonyl (C=O) groups is 3. The molecule has 10 heteroatoms. The van der Waals surface area contributed by atoms with Gasteiger partial charge in [-0.2, -0.15) is 0 Å². The van der Waals surface area contributed by atoms with Gasteiger partial charge in [0.2, 0.25) is 6.79 Å². The first-order chi connectivity index (χ1) is 19.6. The summed E-state index contributed by atoms with van der Waals surface area (Å²) in [6.07, 6.45) is 3.21. The Morgan fingerprint density at radius 1 is 1.15 bits per heavy atom. The van der Waals surface area contributed by atoms with Crippen LogP contribution in [0.1, 0.15) is 68.6 Å². The maximum atomic E-state index is 13.3. The first-order valence-corrected chi connectivity index (χ1v) is 14.1. The van der Waals surface area contributed by atoms with Crippen LogP contribution in [-0.2, 0) is 30.2 Å². The molecule has 1 amide bonds. The Bertz CT molecular complexity index is 1170. The highest BCUT2D eigenvalue weighted by molar-refractivity contribution is 5.98. The van der Waals surface area contributed by atoms with E-state index in [1.165, 1.54) is 37.4 Å². The number of methoxy groups -OCH3 is 1. The van der Waals surface area contributed by atoms with E-state index < -0.39 is 36.8 Å². The number of pyridine rings is 1. The summed E-state index contributed by atoms with van der Waals surface area (Å²) in [6.45, 7) is 9.44. The standard InChI is InChI=1S/C31H42N2O8/c1-19(2)17-38-28-21(4)41-31(36)25(9-7-8-24(28)16-23-12-10-20(3)11-13-23)33-30(35)27-29(40-18-39-22(5)34)26(37-6)14-15-32-27/h10-15,19,21,24-25,28H,7-9,16-18H2,1-6H3,(H,33,35)/t21-,24+,25-,28-/m0/s1. The lowest BCUT2D eigenvalue weighted by molar-refractivity contribution is -0.161. The van der Waals surface area contributed by atoms with Crippen molar-refractivity contribution in [3.63, 3.8) is 0 Å². The summed E-state index contributed by atoms with van der Waals surface area (Å²) < 4.78 is 27.9. The average molecular weight is 571 g/mol. The first kappa shape index (κ1) is 31.9. The molecular weight excluding hydrogens is 528 g/mol. The van der Waals surface area contributed by atoms with Gasteiger partial charge in [0.25, 0.3) is 5.91 Å². The van der Waals surface area contributed by atoms with Crippen LogP contribution in [0.15, 0.2) is 36.5 Å². The van der Waals surface area contributed by atoms with Gasteiger partial charge in [0.1, 0.15) is 12.1 Å². The molecule has 10 nitrogen and oxygen atoms in total. The summed E-state index contributed by atoms with van der Waals surface area (Å²) >= 11 is 0. The summed E-state index contributed by atoms with van der Waals surface area (Å²) in [5.74, 6) is -1.05. The lowest BCUT2D eigenvalue weighted by Gasteiger charge is -2.32. The number of aromatic nitrogens is 1. The van der Waals surface area contributed by atoms with Crippen molar-refractivity contribution in [2.24, 2.45) is 11.8 Å². The third kappa shape index (κ3) is 9.45. The molecule has 1 aromatic carbocycles. The van der Waals surface area contributed by atoms with Crippen molar-refractivity contribution in [2.45, 2.75) is 78.6 Å². The SMILES string of the molecule is COc1ccnc(C(=O)N[C@H]2CCC[C@H](Cc3ccc(C)cc3)[C@@H](OCC(C)C)[C@H](C)OC2=O)c1OCOC(C)=O. The summed E-state index contributed by atoms with van der Waals surface area (Å²) in [6, 6.07) is 9.07. The zero-order valence-corrected chi connectivity index (χ0v) is 24.8. The highest BCUT2D eigenvalue weighted by atomic mass is 16.7. The van der Waals surface area contributed by atoms with Crippen LogP contribution in [0.3, 0.4) is 0 Å². The molecule has 0 bridgehead atoms. The normalized spacial score (nSPS) is 21.2. The summed E-state index contributed by atoms with van der Waals surface area (Å²) in [7, 11) is 1.41. The molecule has 1 N–H and O–H groups in total. The molecule has 41 heavy (non-hydrogen) atoms. The van der Waals surface area contributed by atoms with E-state index in [2.05, 4.69) is 55.3 Å². The quantitative estimate of drug-likeness (QED) is 0.309. The van der Waals surface area contributed by atoms with Crippen LogP contribution in [-0.4, -0.2) is 61.6 Å². The van der Waals surface area contributed by atoms with E-state index >= 15 is 0 Å². The number of rotatable bonds is 11. The second-order valence-corrected chi connectivity index (χ2v) is 10.8. The van der Waals surface area contributed by atoms with Crippen LogP contribution in [0.4, 0.5) is 0 Å². The number of esters is 2. The average Bonchev–Trinajstić information content (AvgIpc) is 2.97. The van der Waals surface area contributed by atoms with E-state index in [1.54, 1.807) is 0 Å². The Hall–Kier alpha value is -3.66. The predicted molar refractivity (Wildman–Crippen MR) is 152 cm³/mol. The number of nitrogens with zero attached hydrogens (tertiary/aromatic N) is 1. The van der Waals surface area contributed by atoms with Crippen molar-refractivity contribution in [1.29, 1.82) is 0 Å². The highest BCUT2D eigenvalue weighted by Gasteiger charge is 2.35. The van der Waals surface area contributed by atoms with Crippen LogP contribution in [0.5, 0.6) is 11.5 Å². The summed E-state index contributed by atoms with van der Waals surface area (Å²) in [4.78, 5) is 42.0. The predicted octanol–water partition coefficient (Wildman–Crippen LogP) is 4.41. The van der Waals surface area contributed by atoms with Crippen LogP contribution < -0.4 is 14.8 Å². The van der Waals surface area contributed by atoms with E-state index in [1.807, 2.05) is 6.92 Å². The van der Waals surface area contributed by atoms with Crippen molar-refractivity contribution < 1.29 is 38.1 Å². The van der Waals surface area contributed by atoms with E-state index in [4.69, 9.17) is 23.7 Å². The van der Waals surface area contributed by atoms with Gasteiger partial charge in [-0.25, -0.2) is 9.78 Å². The third-order valence-electron chi connectivity index (χ3n) is 6.90. The molecule has 1 aliphatic rings. The Morgan fingerprint density at radius 3 is 2.54 bits per heavy atom. The van der Waals surface area contributed by atoms with Crippen molar-refractivity contribution in [3.8, 4) is 11.5 Å². The number of hydrogen-bond donors (Lipinski definition) is 1. The van der Waals surface area contributed by atoms with Gasteiger partial charge in [0.05, 0.1) is 13.2 Å². The zero-order valence-electron chi connectivity index (χ0n) is 24.8. The van der Waals surface area contributed by atoms with Crippen molar-refractivity contribution in [1.82, 2.24) is 10.3 Å². The number of aryl methyl sites for hydroxylation is 1. The first-order valence-electron chi connectivity index (χ1n) is 14.1. The summed E-state index contributed by atoms with van der Waals surface area (Å²) in [5.41, 5.74) is 2.29. The highest BCUT2D eigenvalue weighted by Crippen LogP contribution is 2.31. The molecular formula is C31H42N2O8. The van der Waals surface area contributed by atoms with Crippen molar-refractivity contribution in [3.05, 3.63) is 53.3 Å². The van der Waals surface area contributed by atoms with Gasteiger partial charge in [-0.15, -0.1) is 0 Å². The largest absolute Gasteiger partial charge is 0.493 e.